The highest BCUT2D eigenvalue weighted by atomic mass is 14.6. The summed E-state index contributed by atoms with van der Waals surface area (Å²) in [5.74, 6) is 1.34. The van der Waals surface area contributed by atoms with E-state index in [1.165, 1.54) is 0 Å². The zero-order valence-electron chi connectivity index (χ0n) is 15.2. The molecule has 0 aromatic heterocycles. The van der Waals surface area contributed by atoms with E-state index in [0.29, 0.717) is 33.5 Å². The van der Waals surface area contributed by atoms with Crippen LogP contribution in [0.15, 0.2) is 0 Å². The summed E-state index contributed by atoms with van der Waals surface area (Å²) in [6.07, 6.45) is 0. The van der Waals surface area contributed by atoms with Crippen LogP contribution >= 0.6 is 0 Å². The smallest absolute Gasteiger partial charge is 0.0193 e. The fourth-order valence-corrected chi connectivity index (χ4v) is 4.49. The van der Waals surface area contributed by atoms with Gasteiger partial charge in [-0.1, -0.05) is 83.1 Å². The highest BCUT2D eigenvalue weighted by molar-refractivity contribution is 5.07. The summed E-state index contributed by atoms with van der Waals surface area (Å²) in [6, 6.07) is 0. The SMILES string of the molecule is CC(C)C(C)(C(C)(C)C)C(C)(C(C)C)C(C)(C)C. The van der Waals surface area contributed by atoms with Crippen molar-refractivity contribution in [2.45, 2.75) is 83.1 Å². The molecule has 0 aliphatic rings. The summed E-state index contributed by atoms with van der Waals surface area (Å²) in [5.41, 5.74) is 1.19. The van der Waals surface area contributed by atoms with Gasteiger partial charge in [0.05, 0.1) is 0 Å². The van der Waals surface area contributed by atoms with E-state index < -0.39 is 0 Å². The average molecular weight is 255 g/mol. The minimum atomic E-state index is 0.298. The van der Waals surface area contributed by atoms with Crippen molar-refractivity contribution < 1.29 is 0 Å². The third kappa shape index (κ3) is 2.37. The first-order valence-electron chi connectivity index (χ1n) is 7.64. The average Bonchev–Trinajstić information content (AvgIpc) is 2.10. The molecule has 0 fully saturated rings. The van der Waals surface area contributed by atoms with Crippen molar-refractivity contribution in [1.29, 1.82) is 0 Å². The van der Waals surface area contributed by atoms with Gasteiger partial charge in [-0.05, 0) is 33.5 Å². The van der Waals surface area contributed by atoms with E-state index in [0.717, 1.165) is 0 Å². The molecule has 18 heavy (non-hydrogen) atoms. The third-order valence-corrected chi connectivity index (χ3v) is 6.50. The molecule has 0 aromatic rings. The van der Waals surface area contributed by atoms with Crippen molar-refractivity contribution in [3.05, 3.63) is 0 Å². The summed E-state index contributed by atoms with van der Waals surface area (Å²) in [4.78, 5) is 0. The Labute approximate surface area is 117 Å². The topological polar surface area (TPSA) is 0 Å². The lowest BCUT2D eigenvalue weighted by atomic mass is 9.40. The second-order valence-electron chi connectivity index (χ2n) is 9.21. The van der Waals surface area contributed by atoms with Crippen LogP contribution in [0.1, 0.15) is 83.1 Å². The van der Waals surface area contributed by atoms with Gasteiger partial charge in [0.25, 0.3) is 0 Å². The van der Waals surface area contributed by atoms with Crippen LogP contribution in [0, 0.1) is 33.5 Å². The zero-order chi connectivity index (χ0) is 15.2. The molecular formula is C18H38. The van der Waals surface area contributed by atoms with Gasteiger partial charge in [-0.25, -0.2) is 0 Å². The molecule has 0 aliphatic heterocycles. The Morgan fingerprint density at radius 2 is 0.611 bits per heavy atom. The maximum atomic E-state index is 2.52. The lowest BCUT2D eigenvalue weighted by molar-refractivity contribution is -0.162. The van der Waals surface area contributed by atoms with Crippen LogP contribution < -0.4 is 0 Å². The highest BCUT2D eigenvalue weighted by Gasteiger charge is 2.59. The summed E-state index contributed by atoms with van der Waals surface area (Å²) in [5, 5.41) is 0. The van der Waals surface area contributed by atoms with E-state index in [-0.39, 0.29) is 0 Å². The van der Waals surface area contributed by atoms with E-state index in [1.54, 1.807) is 0 Å². The number of hydrogen-bond donors (Lipinski definition) is 0. The number of hydrogen-bond acceptors (Lipinski definition) is 0. The van der Waals surface area contributed by atoms with E-state index in [1.807, 2.05) is 0 Å². The Hall–Kier alpha value is 0. The molecule has 0 spiro atoms. The van der Waals surface area contributed by atoms with Gasteiger partial charge < -0.3 is 0 Å². The number of rotatable bonds is 3. The molecule has 0 rings (SSSR count). The van der Waals surface area contributed by atoms with Crippen molar-refractivity contribution in [2.24, 2.45) is 33.5 Å². The highest BCUT2D eigenvalue weighted by Crippen LogP contribution is 2.65. The molecule has 0 heteroatoms. The summed E-state index contributed by atoms with van der Waals surface area (Å²) in [7, 11) is 0. The van der Waals surface area contributed by atoms with Crippen molar-refractivity contribution in [2.75, 3.05) is 0 Å². The molecule has 0 heterocycles. The van der Waals surface area contributed by atoms with Gasteiger partial charge in [0.1, 0.15) is 0 Å². The predicted molar refractivity (Wildman–Crippen MR) is 84.8 cm³/mol. The molecule has 2 atom stereocenters. The van der Waals surface area contributed by atoms with Crippen LogP contribution in [0.4, 0.5) is 0 Å². The molecule has 0 aromatic carbocycles. The normalized spacial score (nSPS) is 21.0. The monoisotopic (exact) mass is 254 g/mol. The Kier molecular flexibility index (Phi) is 4.84. The Balaban J connectivity index is 6.18. The van der Waals surface area contributed by atoms with Crippen LogP contribution in [0.5, 0.6) is 0 Å². The molecule has 0 N–H and O–H groups in total. The predicted octanol–water partition coefficient (Wildman–Crippen LogP) is 6.40. The van der Waals surface area contributed by atoms with Crippen LogP contribution in [-0.4, -0.2) is 0 Å². The fourth-order valence-electron chi connectivity index (χ4n) is 4.49. The molecule has 0 bridgehead atoms. The van der Waals surface area contributed by atoms with Gasteiger partial charge in [-0.3, -0.25) is 0 Å². The molecule has 0 saturated carbocycles. The summed E-state index contributed by atoms with van der Waals surface area (Å²) in [6.45, 7) is 29.1. The zero-order valence-corrected chi connectivity index (χ0v) is 15.2. The minimum absolute atomic E-state index is 0.298. The van der Waals surface area contributed by atoms with Crippen molar-refractivity contribution >= 4 is 0 Å². The summed E-state index contributed by atoms with van der Waals surface area (Å²) >= 11 is 0. The molecule has 0 nitrogen and oxygen atoms in total. The first-order chi connectivity index (χ1) is 7.64. The maximum Gasteiger partial charge on any atom is -0.0193 e. The van der Waals surface area contributed by atoms with Crippen molar-refractivity contribution in [1.82, 2.24) is 0 Å². The quantitative estimate of drug-likeness (QED) is 0.546. The fraction of sp³-hybridized carbons (Fsp3) is 1.00. The first-order valence-corrected chi connectivity index (χ1v) is 7.64. The molecule has 0 amide bonds. The molecule has 2 unspecified atom stereocenters. The minimum Gasteiger partial charge on any atom is -0.0622 e. The Bertz CT molecular complexity index is 241. The standard InChI is InChI=1S/C18H38/c1-13(2)17(11,15(5,6)7)18(12,14(3)4)16(8,9)10/h13-14H,1-12H3. The van der Waals surface area contributed by atoms with Gasteiger partial charge in [-0.2, -0.15) is 0 Å². The maximum absolute atomic E-state index is 2.52. The van der Waals surface area contributed by atoms with E-state index in [4.69, 9.17) is 0 Å². The van der Waals surface area contributed by atoms with Crippen LogP contribution in [0.25, 0.3) is 0 Å². The van der Waals surface area contributed by atoms with Crippen molar-refractivity contribution in [3.63, 3.8) is 0 Å². The lowest BCUT2D eigenvalue weighted by Crippen LogP contribution is -2.58. The third-order valence-electron chi connectivity index (χ3n) is 6.50. The first kappa shape index (κ1) is 18.0. The van der Waals surface area contributed by atoms with Crippen molar-refractivity contribution in [3.8, 4) is 0 Å². The van der Waals surface area contributed by atoms with E-state index in [9.17, 15) is 0 Å². The second-order valence-corrected chi connectivity index (χ2v) is 9.21. The van der Waals surface area contributed by atoms with Gasteiger partial charge in [0, 0.05) is 0 Å². The molecule has 0 saturated heterocycles. The van der Waals surface area contributed by atoms with Gasteiger partial charge >= 0.3 is 0 Å². The van der Waals surface area contributed by atoms with Crippen LogP contribution in [0.3, 0.4) is 0 Å². The van der Waals surface area contributed by atoms with Gasteiger partial charge in [0.2, 0.25) is 0 Å². The molecule has 0 aliphatic carbocycles. The van der Waals surface area contributed by atoms with E-state index >= 15 is 0 Å². The molecular weight excluding hydrogens is 216 g/mol. The second kappa shape index (κ2) is 4.84. The van der Waals surface area contributed by atoms with E-state index in [2.05, 4.69) is 83.1 Å². The lowest BCUT2D eigenvalue weighted by Gasteiger charge is -2.64. The van der Waals surface area contributed by atoms with Gasteiger partial charge in [0.15, 0.2) is 0 Å². The largest absolute Gasteiger partial charge is 0.0622 e. The molecule has 110 valence electrons. The molecule has 0 radical (unpaired) electrons. The Morgan fingerprint density at radius 3 is 0.667 bits per heavy atom. The summed E-state index contributed by atoms with van der Waals surface area (Å²) < 4.78 is 0. The Morgan fingerprint density at radius 1 is 0.444 bits per heavy atom. The van der Waals surface area contributed by atoms with Crippen LogP contribution in [0.2, 0.25) is 0 Å². The van der Waals surface area contributed by atoms with Crippen LogP contribution in [-0.2, 0) is 0 Å². The van der Waals surface area contributed by atoms with Gasteiger partial charge in [-0.15, -0.1) is 0 Å².